The molecule has 0 aromatic heterocycles. The molecule has 2 aliphatic rings. The molecular formula is C11H20O. The summed E-state index contributed by atoms with van der Waals surface area (Å²) in [5.74, 6) is 2.90. The second-order valence-corrected chi connectivity index (χ2v) is 4.56. The highest BCUT2D eigenvalue weighted by Gasteiger charge is 2.36. The summed E-state index contributed by atoms with van der Waals surface area (Å²) in [7, 11) is 0. The average molecular weight is 168 g/mol. The van der Waals surface area contributed by atoms with Crippen LogP contribution in [0, 0.1) is 17.8 Å². The first-order valence-electron chi connectivity index (χ1n) is 5.52. The van der Waals surface area contributed by atoms with Crippen LogP contribution in [0.25, 0.3) is 0 Å². The molecule has 2 rings (SSSR count). The third kappa shape index (κ3) is 1.52. The van der Waals surface area contributed by atoms with Gasteiger partial charge < -0.3 is 5.11 Å². The molecule has 0 spiro atoms. The third-order valence-electron chi connectivity index (χ3n) is 3.98. The highest BCUT2D eigenvalue weighted by molar-refractivity contribution is 4.87. The molecule has 12 heavy (non-hydrogen) atoms. The maximum atomic E-state index is 8.92. The van der Waals surface area contributed by atoms with Gasteiger partial charge in [0.2, 0.25) is 0 Å². The van der Waals surface area contributed by atoms with E-state index < -0.39 is 0 Å². The normalized spacial score (nSPS) is 41.2. The highest BCUT2D eigenvalue weighted by Crippen LogP contribution is 2.46. The van der Waals surface area contributed by atoms with Crippen LogP contribution in [0.4, 0.5) is 0 Å². The zero-order valence-electron chi connectivity index (χ0n) is 7.84. The molecule has 3 unspecified atom stereocenters. The monoisotopic (exact) mass is 168 g/mol. The van der Waals surface area contributed by atoms with E-state index in [1.54, 1.807) is 0 Å². The molecule has 1 nitrogen and oxygen atoms in total. The average Bonchev–Trinajstić information content (AvgIpc) is 2.50. The van der Waals surface area contributed by atoms with Gasteiger partial charge in [-0.3, -0.25) is 0 Å². The Morgan fingerprint density at radius 3 is 2.67 bits per heavy atom. The summed E-state index contributed by atoms with van der Waals surface area (Å²) in [5, 5.41) is 8.92. The summed E-state index contributed by atoms with van der Waals surface area (Å²) >= 11 is 0. The number of fused-ring (bicyclic) bond motifs is 1. The van der Waals surface area contributed by atoms with Gasteiger partial charge in [-0.1, -0.05) is 19.3 Å². The summed E-state index contributed by atoms with van der Waals surface area (Å²) in [6.07, 6.45) is 9.77. The van der Waals surface area contributed by atoms with Crippen molar-refractivity contribution in [2.45, 2.75) is 44.9 Å². The van der Waals surface area contributed by atoms with E-state index in [0.717, 1.165) is 24.2 Å². The molecule has 2 fully saturated rings. The van der Waals surface area contributed by atoms with Crippen molar-refractivity contribution < 1.29 is 5.11 Å². The summed E-state index contributed by atoms with van der Waals surface area (Å²) in [6.45, 7) is 0.411. The molecule has 0 radical (unpaired) electrons. The van der Waals surface area contributed by atoms with E-state index in [1.165, 1.54) is 38.5 Å². The minimum atomic E-state index is 0.411. The molecule has 2 saturated carbocycles. The van der Waals surface area contributed by atoms with Crippen LogP contribution in [0.5, 0.6) is 0 Å². The third-order valence-corrected chi connectivity index (χ3v) is 3.98. The molecule has 0 saturated heterocycles. The number of hydrogen-bond donors (Lipinski definition) is 1. The van der Waals surface area contributed by atoms with Gasteiger partial charge in [-0.05, 0) is 43.4 Å². The summed E-state index contributed by atoms with van der Waals surface area (Å²) in [6, 6.07) is 0. The Kier molecular flexibility index (Phi) is 2.69. The fraction of sp³-hybridized carbons (Fsp3) is 1.00. The number of rotatable bonds is 2. The van der Waals surface area contributed by atoms with Crippen LogP contribution in [-0.2, 0) is 0 Å². The molecule has 1 heteroatoms. The van der Waals surface area contributed by atoms with Crippen molar-refractivity contribution in [1.82, 2.24) is 0 Å². The van der Waals surface area contributed by atoms with Crippen LogP contribution < -0.4 is 0 Å². The van der Waals surface area contributed by atoms with Crippen LogP contribution in [0.15, 0.2) is 0 Å². The molecule has 1 N–H and O–H groups in total. The molecule has 0 heterocycles. The largest absolute Gasteiger partial charge is 0.396 e. The molecule has 3 atom stereocenters. The van der Waals surface area contributed by atoms with Gasteiger partial charge in [0.05, 0.1) is 0 Å². The van der Waals surface area contributed by atoms with Gasteiger partial charge in [0.1, 0.15) is 0 Å². The van der Waals surface area contributed by atoms with Crippen molar-refractivity contribution in [2.75, 3.05) is 6.61 Å². The summed E-state index contributed by atoms with van der Waals surface area (Å²) in [5.41, 5.74) is 0. The van der Waals surface area contributed by atoms with E-state index in [1.807, 2.05) is 0 Å². The highest BCUT2D eigenvalue weighted by atomic mass is 16.3. The lowest BCUT2D eigenvalue weighted by Crippen LogP contribution is -2.19. The number of hydrogen-bond acceptors (Lipinski definition) is 1. The molecule has 0 bridgehead atoms. The fourth-order valence-corrected chi connectivity index (χ4v) is 3.38. The van der Waals surface area contributed by atoms with Crippen LogP contribution in [0.1, 0.15) is 44.9 Å². The van der Waals surface area contributed by atoms with E-state index in [2.05, 4.69) is 0 Å². The lowest BCUT2D eigenvalue weighted by molar-refractivity contribution is 0.187. The molecule has 0 aliphatic heterocycles. The second kappa shape index (κ2) is 3.78. The minimum absolute atomic E-state index is 0.411. The second-order valence-electron chi connectivity index (χ2n) is 4.56. The fourth-order valence-electron chi connectivity index (χ4n) is 3.38. The maximum absolute atomic E-state index is 8.92. The molecule has 0 amide bonds. The molecule has 0 aromatic rings. The Morgan fingerprint density at radius 2 is 1.83 bits per heavy atom. The lowest BCUT2D eigenvalue weighted by atomic mass is 9.77. The van der Waals surface area contributed by atoms with Gasteiger partial charge in [-0.15, -0.1) is 0 Å². The topological polar surface area (TPSA) is 20.2 Å². The predicted octanol–water partition coefficient (Wildman–Crippen LogP) is 2.59. The first kappa shape index (κ1) is 8.55. The Morgan fingerprint density at radius 1 is 1.00 bits per heavy atom. The quantitative estimate of drug-likeness (QED) is 0.672. The lowest BCUT2D eigenvalue weighted by Gasteiger charge is -2.28. The molecule has 70 valence electrons. The van der Waals surface area contributed by atoms with Gasteiger partial charge in [-0.25, -0.2) is 0 Å². The Balaban J connectivity index is 1.92. The van der Waals surface area contributed by atoms with Gasteiger partial charge >= 0.3 is 0 Å². The van der Waals surface area contributed by atoms with Crippen molar-refractivity contribution >= 4 is 0 Å². The summed E-state index contributed by atoms with van der Waals surface area (Å²) in [4.78, 5) is 0. The van der Waals surface area contributed by atoms with E-state index in [0.29, 0.717) is 6.61 Å². The number of aliphatic hydroxyl groups excluding tert-OH is 1. The first-order valence-corrected chi connectivity index (χ1v) is 5.52. The van der Waals surface area contributed by atoms with Crippen LogP contribution in [0.2, 0.25) is 0 Å². The van der Waals surface area contributed by atoms with E-state index in [9.17, 15) is 0 Å². The summed E-state index contributed by atoms with van der Waals surface area (Å²) < 4.78 is 0. The van der Waals surface area contributed by atoms with E-state index >= 15 is 0 Å². The molecular weight excluding hydrogens is 148 g/mol. The van der Waals surface area contributed by atoms with E-state index in [-0.39, 0.29) is 0 Å². The van der Waals surface area contributed by atoms with E-state index in [4.69, 9.17) is 5.11 Å². The van der Waals surface area contributed by atoms with Crippen LogP contribution in [0.3, 0.4) is 0 Å². The van der Waals surface area contributed by atoms with Gasteiger partial charge in [-0.2, -0.15) is 0 Å². The minimum Gasteiger partial charge on any atom is -0.396 e. The standard InChI is InChI=1S/C11H20O/c12-8-7-10-6-5-9-3-1-2-4-11(9)10/h9-12H,1-8H2. The molecule has 0 aromatic carbocycles. The Labute approximate surface area is 75.2 Å². The predicted molar refractivity (Wildman–Crippen MR) is 49.9 cm³/mol. The van der Waals surface area contributed by atoms with Crippen molar-refractivity contribution in [3.63, 3.8) is 0 Å². The van der Waals surface area contributed by atoms with Gasteiger partial charge in [0.25, 0.3) is 0 Å². The zero-order valence-corrected chi connectivity index (χ0v) is 7.84. The van der Waals surface area contributed by atoms with Crippen LogP contribution >= 0.6 is 0 Å². The van der Waals surface area contributed by atoms with Gasteiger partial charge in [0, 0.05) is 6.61 Å². The van der Waals surface area contributed by atoms with Crippen molar-refractivity contribution in [3.8, 4) is 0 Å². The Bertz CT molecular complexity index is 144. The maximum Gasteiger partial charge on any atom is 0.0433 e. The zero-order chi connectivity index (χ0) is 8.39. The van der Waals surface area contributed by atoms with Gasteiger partial charge in [0.15, 0.2) is 0 Å². The van der Waals surface area contributed by atoms with Crippen molar-refractivity contribution in [1.29, 1.82) is 0 Å². The molecule has 2 aliphatic carbocycles. The number of aliphatic hydroxyl groups is 1. The first-order chi connectivity index (χ1) is 5.92. The van der Waals surface area contributed by atoms with Crippen molar-refractivity contribution in [3.05, 3.63) is 0 Å². The van der Waals surface area contributed by atoms with Crippen LogP contribution in [-0.4, -0.2) is 11.7 Å². The SMILES string of the molecule is OCCC1CCC2CCCCC12. The Hall–Kier alpha value is -0.0400. The van der Waals surface area contributed by atoms with Crippen molar-refractivity contribution in [2.24, 2.45) is 17.8 Å². The smallest absolute Gasteiger partial charge is 0.0433 e.